The monoisotopic (exact) mass is 170 g/mol. The van der Waals surface area contributed by atoms with E-state index in [4.69, 9.17) is 5.11 Å². The summed E-state index contributed by atoms with van der Waals surface area (Å²) in [6.45, 7) is 0.320. The average Bonchev–Trinajstić information content (AvgIpc) is 2.27. The van der Waals surface area contributed by atoms with Crippen LogP contribution >= 0.6 is 0 Å². The van der Waals surface area contributed by atoms with Crippen LogP contribution in [0.3, 0.4) is 0 Å². The highest BCUT2D eigenvalue weighted by atomic mass is 16.3. The number of aliphatic hydroxyl groups excluding tert-OH is 2. The van der Waals surface area contributed by atoms with Gasteiger partial charge in [-0.05, 0) is 49.9 Å². The molecule has 4 atom stereocenters. The molecule has 0 unspecified atom stereocenters. The molecule has 0 aliphatic heterocycles. The van der Waals surface area contributed by atoms with Crippen LogP contribution in [0.4, 0.5) is 0 Å². The minimum atomic E-state index is -0.0290. The van der Waals surface area contributed by atoms with Gasteiger partial charge in [0.15, 0.2) is 0 Å². The van der Waals surface area contributed by atoms with Gasteiger partial charge in [0.25, 0.3) is 0 Å². The van der Waals surface area contributed by atoms with Gasteiger partial charge in [-0.1, -0.05) is 0 Å². The summed E-state index contributed by atoms with van der Waals surface area (Å²) < 4.78 is 0. The molecule has 0 spiro atoms. The van der Waals surface area contributed by atoms with Crippen LogP contribution in [0.1, 0.15) is 32.1 Å². The minimum Gasteiger partial charge on any atom is -0.396 e. The third-order valence-corrected chi connectivity index (χ3v) is 3.60. The van der Waals surface area contributed by atoms with Gasteiger partial charge in [-0.2, -0.15) is 0 Å². The lowest BCUT2D eigenvalue weighted by Crippen LogP contribution is -2.20. The summed E-state index contributed by atoms with van der Waals surface area (Å²) in [5.74, 6) is 2.01. The first kappa shape index (κ1) is 8.52. The maximum absolute atomic E-state index is 9.62. The molecule has 0 heterocycles. The Kier molecular flexibility index (Phi) is 2.37. The fourth-order valence-electron chi connectivity index (χ4n) is 3.08. The largest absolute Gasteiger partial charge is 0.396 e. The van der Waals surface area contributed by atoms with E-state index in [0.29, 0.717) is 18.4 Å². The normalized spacial score (nSPS) is 46.5. The van der Waals surface area contributed by atoms with Crippen molar-refractivity contribution in [1.82, 2.24) is 0 Å². The maximum Gasteiger partial charge on any atom is 0.0571 e. The van der Waals surface area contributed by atoms with E-state index in [1.165, 1.54) is 12.8 Å². The number of hydrogen-bond donors (Lipinski definition) is 2. The summed E-state index contributed by atoms with van der Waals surface area (Å²) in [6, 6.07) is 0. The highest BCUT2D eigenvalue weighted by molar-refractivity contribution is 4.90. The van der Waals surface area contributed by atoms with E-state index in [2.05, 4.69) is 0 Å². The lowest BCUT2D eigenvalue weighted by Gasteiger charge is -2.27. The van der Waals surface area contributed by atoms with Gasteiger partial charge in [0.2, 0.25) is 0 Å². The van der Waals surface area contributed by atoms with E-state index < -0.39 is 0 Å². The number of aliphatic hydroxyl groups is 2. The molecule has 0 aromatic rings. The molecule has 12 heavy (non-hydrogen) atoms. The molecule has 2 N–H and O–H groups in total. The van der Waals surface area contributed by atoms with Gasteiger partial charge in [-0.15, -0.1) is 0 Å². The predicted molar refractivity (Wildman–Crippen MR) is 46.6 cm³/mol. The number of rotatable bonds is 2. The fourth-order valence-corrected chi connectivity index (χ4v) is 3.08. The Morgan fingerprint density at radius 2 is 1.92 bits per heavy atom. The molecule has 2 fully saturated rings. The van der Waals surface area contributed by atoms with Gasteiger partial charge in [0.05, 0.1) is 6.10 Å². The molecule has 0 aromatic carbocycles. The van der Waals surface area contributed by atoms with Crippen molar-refractivity contribution in [1.29, 1.82) is 0 Å². The number of hydrogen-bond acceptors (Lipinski definition) is 2. The first-order valence-electron chi connectivity index (χ1n) is 5.08. The van der Waals surface area contributed by atoms with E-state index >= 15 is 0 Å². The van der Waals surface area contributed by atoms with Crippen LogP contribution < -0.4 is 0 Å². The molecule has 0 amide bonds. The summed E-state index contributed by atoms with van der Waals surface area (Å²) in [4.78, 5) is 0. The highest BCUT2D eigenvalue weighted by Crippen LogP contribution is 2.45. The first-order chi connectivity index (χ1) is 5.79. The van der Waals surface area contributed by atoms with Crippen molar-refractivity contribution in [3.63, 3.8) is 0 Å². The Morgan fingerprint density at radius 3 is 2.58 bits per heavy atom. The van der Waals surface area contributed by atoms with Crippen molar-refractivity contribution in [2.45, 2.75) is 38.2 Å². The average molecular weight is 170 g/mol. The van der Waals surface area contributed by atoms with Crippen molar-refractivity contribution in [2.24, 2.45) is 17.8 Å². The second-order valence-electron chi connectivity index (χ2n) is 4.51. The zero-order valence-electron chi connectivity index (χ0n) is 7.45. The second kappa shape index (κ2) is 3.35. The van der Waals surface area contributed by atoms with E-state index in [0.717, 1.165) is 25.2 Å². The van der Waals surface area contributed by atoms with E-state index in [-0.39, 0.29) is 6.10 Å². The molecule has 70 valence electrons. The molecule has 2 heteroatoms. The van der Waals surface area contributed by atoms with Crippen LogP contribution in [0.15, 0.2) is 0 Å². The van der Waals surface area contributed by atoms with E-state index in [1.54, 1.807) is 0 Å². The summed E-state index contributed by atoms with van der Waals surface area (Å²) in [5.41, 5.74) is 0. The SMILES string of the molecule is OCC[C@H]1C[C@@H]2C[C@H](C1)[C@H](O)C2. The summed E-state index contributed by atoms with van der Waals surface area (Å²) >= 11 is 0. The van der Waals surface area contributed by atoms with Crippen molar-refractivity contribution in [2.75, 3.05) is 6.61 Å². The Labute approximate surface area is 73.6 Å². The molecular formula is C10H18O2. The quantitative estimate of drug-likeness (QED) is 0.653. The van der Waals surface area contributed by atoms with Gasteiger partial charge in [-0.25, -0.2) is 0 Å². The summed E-state index contributed by atoms with van der Waals surface area (Å²) in [6.07, 6.45) is 5.57. The van der Waals surface area contributed by atoms with Gasteiger partial charge < -0.3 is 10.2 Å². The molecule has 2 aliphatic carbocycles. The smallest absolute Gasteiger partial charge is 0.0571 e. The summed E-state index contributed by atoms with van der Waals surface area (Å²) in [5, 5.41) is 18.4. The van der Waals surface area contributed by atoms with E-state index in [1.807, 2.05) is 0 Å². The van der Waals surface area contributed by atoms with Gasteiger partial charge >= 0.3 is 0 Å². The van der Waals surface area contributed by atoms with Crippen molar-refractivity contribution in [3.8, 4) is 0 Å². The van der Waals surface area contributed by atoms with Crippen molar-refractivity contribution in [3.05, 3.63) is 0 Å². The molecule has 0 saturated heterocycles. The van der Waals surface area contributed by atoms with Crippen LogP contribution in [-0.2, 0) is 0 Å². The first-order valence-corrected chi connectivity index (χ1v) is 5.08. The minimum absolute atomic E-state index is 0.0290. The Bertz CT molecular complexity index is 156. The van der Waals surface area contributed by atoms with Crippen LogP contribution in [0.2, 0.25) is 0 Å². The predicted octanol–water partition coefficient (Wildman–Crippen LogP) is 1.17. The third-order valence-electron chi connectivity index (χ3n) is 3.60. The summed E-state index contributed by atoms with van der Waals surface area (Å²) in [7, 11) is 0. The lowest BCUT2D eigenvalue weighted by molar-refractivity contribution is 0.114. The maximum atomic E-state index is 9.62. The van der Waals surface area contributed by atoms with Gasteiger partial charge in [-0.3, -0.25) is 0 Å². The Hall–Kier alpha value is -0.0800. The Balaban J connectivity index is 1.92. The molecule has 2 aliphatic rings. The molecule has 2 rings (SSSR count). The molecule has 2 saturated carbocycles. The molecule has 2 nitrogen and oxygen atoms in total. The zero-order valence-corrected chi connectivity index (χ0v) is 7.45. The zero-order chi connectivity index (χ0) is 8.55. The highest BCUT2D eigenvalue weighted by Gasteiger charge is 2.39. The third kappa shape index (κ3) is 1.50. The van der Waals surface area contributed by atoms with Crippen LogP contribution in [0, 0.1) is 17.8 Å². The van der Waals surface area contributed by atoms with Crippen LogP contribution in [0.25, 0.3) is 0 Å². The lowest BCUT2D eigenvalue weighted by atomic mass is 9.79. The van der Waals surface area contributed by atoms with Crippen LogP contribution in [-0.4, -0.2) is 22.9 Å². The van der Waals surface area contributed by atoms with Crippen molar-refractivity contribution < 1.29 is 10.2 Å². The fraction of sp³-hybridized carbons (Fsp3) is 1.00. The second-order valence-corrected chi connectivity index (χ2v) is 4.51. The molecule has 2 bridgehead atoms. The van der Waals surface area contributed by atoms with Gasteiger partial charge in [0, 0.05) is 6.61 Å². The van der Waals surface area contributed by atoms with Gasteiger partial charge in [0.1, 0.15) is 0 Å². The standard InChI is InChI=1S/C10H18O2/c11-2-1-7-3-8-5-9(4-7)10(12)6-8/h7-12H,1-6H2/t7-,8+,9-,10+/m0/s1. The van der Waals surface area contributed by atoms with Crippen LogP contribution in [0.5, 0.6) is 0 Å². The molecule has 0 aromatic heterocycles. The van der Waals surface area contributed by atoms with E-state index in [9.17, 15) is 5.11 Å². The molecular weight excluding hydrogens is 152 g/mol. The molecule has 0 radical (unpaired) electrons. The van der Waals surface area contributed by atoms with Crippen molar-refractivity contribution >= 4 is 0 Å². The number of fused-ring (bicyclic) bond motifs is 2. The topological polar surface area (TPSA) is 40.5 Å². The Morgan fingerprint density at radius 1 is 1.08 bits per heavy atom.